The summed E-state index contributed by atoms with van der Waals surface area (Å²) in [6.45, 7) is 4.74. The third-order valence-electron chi connectivity index (χ3n) is 4.95. The first-order chi connectivity index (χ1) is 5.29. The van der Waals surface area contributed by atoms with Gasteiger partial charge < -0.3 is 0 Å². The lowest BCUT2D eigenvalue weighted by atomic mass is 10.1. The van der Waals surface area contributed by atoms with Gasteiger partial charge in [-0.05, 0) is 41.9 Å². The second-order valence-corrected chi connectivity index (χ2v) is 5.11. The van der Waals surface area contributed by atoms with Crippen LogP contribution in [0.2, 0.25) is 0 Å². The Hall–Kier alpha value is 0. The number of rotatable bonds is 2. The molecule has 15 heavy (non-hydrogen) atoms. The largest absolute Gasteiger partial charge is 0.0776 e. The van der Waals surface area contributed by atoms with Gasteiger partial charge in [0.05, 0.1) is 0 Å². The molecular formula is C15H34. The summed E-state index contributed by atoms with van der Waals surface area (Å²) in [4.78, 5) is 0. The minimum atomic E-state index is 0. The van der Waals surface area contributed by atoms with Crippen LogP contribution in [-0.4, -0.2) is 0 Å². The highest BCUT2D eigenvalue weighted by Gasteiger charge is 2.86. The quantitative estimate of drug-likeness (QED) is 0.547. The smallest absolute Gasteiger partial charge is 0.0201 e. The zero-order valence-electron chi connectivity index (χ0n) is 7.69. The lowest BCUT2D eigenvalue weighted by Gasteiger charge is -1.92. The van der Waals surface area contributed by atoms with E-state index in [2.05, 4.69) is 13.8 Å². The van der Waals surface area contributed by atoms with Crippen molar-refractivity contribution >= 4 is 0 Å². The molecule has 3 rings (SSSR count). The summed E-state index contributed by atoms with van der Waals surface area (Å²) >= 11 is 0. The molecule has 0 nitrogen and oxygen atoms in total. The Morgan fingerprint density at radius 3 is 1.33 bits per heavy atom. The van der Waals surface area contributed by atoms with Gasteiger partial charge in [0.25, 0.3) is 0 Å². The predicted octanol–water partition coefficient (Wildman–Crippen LogP) is 5.77. The van der Waals surface area contributed by atoms with Crippen molar-refractivity contribution in [2.75, 3.05) is 0 Å². The Labute approximate surface area is 98.9 Å². The zero-order valence-corrected chi connectivity index (χ0v) is 7.69. The lowest BCUT2D eigenvalue weighted by molar-refractivity contribution is 0.561. The number of hydrogen-bond donors (Lipinski definition) is 0. The fourth-order valence-corrected chi connectivity index (χ4v) is 4.00. The first-order valence-electron chi connectivity index (χ1n) is 5.29. The van der Waals surface area contributed by atoms with Crippen LogP contribution in [0.3, 0.4) is 0 Å². The molecule has 0 bridgehead atoms. The van der Waals surface area contributed by atoms with Crippen molar-refractivity contribution in [3.63, 3.8) is 0 Å². The zero-order chi connectivity index (χ0) is 7.69. The molecule has 0 aromatic heterocycles. The first-order valence-corrected chi connectivity index (χ1v) is 5.29. The van der Waals surface area contributed by atoms with E-state index in [0.29, 0.717) is 0 Å². The summed E-state index contributed by atoms with van der Waals surface area (Å²) in [6.07, 6.45) is 7.73. The molecule has 4 atom stereocenters. The molecule has 2 spiro atoms. The molecule has 0 radical (unpaired) electrons. The van der Waals surface area contributed by atoms with Crippen LogP contribution in [0.25, 0.3) is 0 Å². The third kappa shape index (κ3) is 1.65. The average molecular weight is 214 g/mol. The van der Waals surface area contributed by atoms with E-state index in [1.54, 1.807) is 19.3 Å². The monoisotopic (exact) mass is 214 g/mol. The molecular weight excluding hydrogens is 180 g/mol. The molecule has 0 aliphatic heterocycles. The fourth-order valence-electron chi connectivity index (χ4n) is 4.00. The van der Waals surface area contributed by atoms with Crippen molar-refractivity contribution in [1.82, 2.24) is 0 Å². The first kappa shape index (κ1) is 17.4. The molecule has 0 heterocycles. The van der Waals surface area contributed by atoms with E-state index >= 15 is 0 Å². The van der Waals surface area contributed by atoms with Crippen LogP contribution in [0.4, 0.5) is 0 Å². The summed E-state index contributed by atoms with van der Waals surface area (Å²) in [5, 5.41) is 0. The van der Waals surface area contributed by atoms with Gasteiger partial charge in [0.2, 0.25) is 0 Å². The maximum absolute atomic E-state index is 2.37. The highest BCUT2D eigenvalue weighted by Crippen LogP contribution is 2.94. The van der Waals surface area contributed by atoms with Crippen LogP contribution < -0.4 is 0 Å². The second kappa shape index (κ2) is 4.47. The van der Waals surface area contributed by atoms with Crippen molar-refractivity contribution in [3.05, 3.63) is 0 Å². The molecule has 3 fully saturated rings. The Morgan fingerprint density at radius 2 is 1.13 bits per heavy atom. The van der Waals surface area contributed by atoms with E-state index in [4.69, 9.17) is 0 Å². The topological polar surface area (TPSA) is 0 Å². The van der Waals surface area contributed by atoms with Gasteiger partial charge in [0.1, 0.15) is 0 Å². The van der Waals surface area contributed by atoms with Crippen molar-refractivity contribution in [2.45, 2.75) is 75.7 Å². The molecule has 0 saturated heterocycles. The normalized spacial score (nSPS) is 46.8. The van der Waals surface area contributed by atoms with Gasteiger partial charge in [-0.3, -0.25) is 0 Å². The van der Waals surface area contributed by atoms with Gasteiger partial charge >= 0.3 is 0 Å². The Morgan fingerprint density at radius 1 is 0.800 bits per heavy atom. The van der Waals surface area contributed by atoms with Gasteiger partial charge in [0, 0.05) is 0 Å². The molecule has 3 aliphatic carbocycles. The van der Waals surface area contributed by atoms with Crippen LogP contribution in [-0.2, 0) is 0 Å². The lowest BCUT2D eigenvalue weighted by Crippen LogP contribution is -1.86. The highest BCUT2D eigenvalue weighted by atomic mass is 14.9. The summed E-state index contributed by atoms with van der Waals surface area (Å²) < 4.78 is 0. The second-order valence-electron chi connectivity index (χ2n) is 5.11. The van der Waals surface area contributed by atoms with Crippen LogP contribution in [0, 0.1) is 22.7 Å². The van der Waals surface area contributed by atoms with Crippen LogP contribution in [0.15, 0.2) is 0 Å². The van der Waals surface area contributed by atoms with Gasteiger partial charge in [-0.25, -0.2) is 0 Å². The van der Waals surface area contributed by atoms with E-state index in [9.17, 15) is 0 Å². The maximum atomic E-state index is 2.37. The fraction of sp³-hybridized carbons (Fsp3) is 1.00. The summed E-state index contributed by atoms with van der Waals surface area (Å²) in [6, 6.07) is 0. The SMILES string of the molecule is C.C.C.C.CCC1CC12CC21CC1CC. The molecule has 94 valence electrons. The Kier molecular flexibility index (Phi) is 5.19. The Balaban J connectivity index is 0. The summed E-state index contributed by atoms with van der Waals surface area (Å²) in [7, 11) is 0. The van der Waals surface area contributed by atoms with Crippen LogP contribution in [0.5, 0.6) is 0 Å². The maximum Gasteiger partial charge on any atom is -0.0201 e. The molecule has 3 aliphatic rings. The van der Waals surface area contributed by atoms with Gasteiger partial charge in [-0.15, -0.1) is 0 Å². The number of hydrogen-bond acceptors (Lipinski definition) is 0. The highest BCUT2D eigenvalue weighted by molar-refractivity contribution is 5.34. The molecule has 4 unspecified atom stereocenters. The van der Waals surface area contributed by atoms with E-state index < -0.39 is 0 Å². The number of fused-ring (bicyclic) bond motifs is 1. The van der Waals surface area contributed by atoms with E-state index in [1.807, 2.05) is 0 Å². The summed E-state index contributed by atoms with van der Waals surface area (Å²) in [5.41, 5.74) is 1.89. The van der Waals surface area contributed by atoms with Gasteiger partial charge in [0.15, 0.2) is 0 Å². The molecule has 0 aromatic carbocycles. The molecule has 0 amide bonds. The average Bonchev–Trinajstić information content (AvgIpc) is 2.89. The van der Waals surface area contributed by atoms with E-state index in [1.165, 1.54) is 12.8 Å². The minimum Gasteiger partial charge on any atom is -0.0776 e. The van der Waals surface area contributed by atoms with Crippen molar-refractivity contribution < 1.29 is 0 Å². The Bertz CT molecular complexity index is 186. The summed E-state index contributed by atoms with van der Waals surface area (Å²) in [5.74, 6) is 2.30. The molecule has 0 aromatic rings. The van der Waals surface area contributed by atoms with Crippen molar-refractivity contribution in [2.24, 2.45) is 22.7 Å². The standard InChI is InChI=1S/C11H18.4CH4/c1-3-8-5-10(8)7-11(10)6-9(11)4-2;;;;/h8-9H,3-7H2,1-2H3;4*1H4. The van der Waals surface area contributed by atoms with Gasteiger partial charge in [-0.2, -0.15) is 0 Å². The third-order valence-corrected chi connectivity index (χ3v) is 4.95. The van der Waals surface area contributed by atoms with Gasteiger partial charge in [-0.1, -0.05) is 56.4 Å². The van der Waals surface area contributed by atoms with Crippen molar-refractivity contribution in [3.8, 4) is 0 Å². The predicted molar refractivity (Wildman–Crippen MR) is 73.2 cm³/mol. The van der Waals surface area contributed by atoms with Crippen LogP contribution in [0.1, 0.15) is 75.7 Å². The van der Waals surface area contributed by atoms with Crippen molar-refractivity contribution in [1.29, 1.82) is 0 Å². The minimum absolute atomic E-state index is 0. The van der Waals surface area contributed by atoms with E-state index in [0.717, 1.165) is 22.7 Å². The van der Waals surface area contributed by atoms with Crippen LogP contribution >= 0.6 is 0 Å². The molecule has 0 heteroatoms. The molecule has 0 N–H and O–H groups in total. The molecule has 3 saturated carbocycles. The van der Waals surface area contributed by atoms with E-state index in [-0.39, 0.29) is 29.7 Å².